The molecule has 1 rings (SSSR count). The molecule has 0 heterocycles. The largest absolute Gasteiger partial charge is 0.488 e. The third-order valence-corrected chi connectivity index (χ3v) is 2.42. The lowest BCUT2D eigenvalue weighted by molar-refractivity contribution is 0.351. The number of halogens is 2. The zero-order chi connectivity index (χ0) is 11.3. The minimum Gasteiger partial charge on any atom is -0.488 e. The quantitative estimate of drug-likeness (QED) is 0.808. The fourth-order valence-corrected chi connectivity index (χ4v) is 1.23. The van der Waals surface area contributed by atoms with Gasteiger partial charge >= 0.3 is 0 Å². The van der Waals surface area contributed by atoms with Crippen LogP contribution in [0.4, 0.5) is 0 Å². The first kappa shape index (κ1) is 11.9. The SMILES string of the molecule is C/C(=C/Cl)COc1cccc(Cl)c1C#N. The van der Waals surface area contributed by atoms with Crippen molar-refractivity contribution in [3.63, 3.8) is 0 Å². The summed E-state index contributed by atoms with van der Waals surface area (Å²) < 4.78 is 5.40. The molecule has 0 spiro atoms. The number of hydrogen-bond acceptors (Lipinski definition) is 2. The maximum atomic E-state index is 8.87. The van der Waals surface area contributed by atoms with Gasteiger partial charge in [-0.3, -0.25) is 0 Å². The Morgan fingerprint density at radius 1 is 1.60 bits per heavy atom. The van der Waals surface area contributed by atoms with Crippen LogP contribution in [0.15, 0.2) is 29.3 Å². The molecule has 15 heavy (non-hydrogen) atoms. The summed E-state index contributed by atoms with van der Waals surface area (Å²) in [7, 11) is 0. The molecular formula is C11H9Cl2NO. The molecule has 2 nitrogen and oxygen atoms in total. The number of benzene rings is 1. The summed E-state index contributed by atoms with van der Waals surface area (Å²) in [6, 6.07) is 7.08. The second-order valence-electron chi connectivity index (χ2n) is 2.97. The van der Waals surface area contributed by atoms with Gasteiger partial charge in [-0.1, -0.05) is 29.3 Å². The number of nitrogens with zero attached hydrogens (tertiary/aromatic N) is 1. The van der Waals surface area contributed by atoms with Crippen molar-refractivity contribution < 1.29 is 4.74 Å². The van der Waals surface area contributed by atoms with Gasteiger partial charge < -0.3 is 4.74 Å². The van der Waals surface area contributed by atoms with Crippen molar-refractivity contribution in [3.8, 4) is 11.8 Å². The molecule has 0 atom stereocenters. The van der Waals surface area contributed by atoms with Gasteiger partial charge in [0.25, 0.3) is 0 Å². The summed E-state index contributed by atoms with van der Waals surface area (Å²) in [5.74, 6) is 0.475. The lowest BCUT2D eigenvalue weighted by Crippen LogP contribution is -2.00. The van der Waals surface area contributed by atoms with Gasteiger partial charge in [0, 0.05) is 5.54 Å². The molecular weight excluding hydrogens is 233 g/mol. The van der Waals surface area contributed by atoms with E-state index in [4.69, 9.17) is 33.2 Å². The van der Waals surface area contributed by atoms with Crippen LogP contribution in [0.3, 0.4) is 0 Å². The monoisotopic (exact) mass is 241 g/mol. The highest BCUT2D eigenvalue weighted by molar-refractivity contribution is 6.31. The lowest BCUT2D eigenvalue weighted by Gasteiger charge is -2.08. The maximum Gasteiger partial charge on any atom is 0.139 e. The van der Waals surface area contributed by atoms with Crippen LogP contribution in [0.25, 0.3) is 0 Å². The summed E-state index contributed by atoms with van der Waals surface area (Å²) in [6.45, 7) is 2.18. The van der Waals surface area contributed by atoms with Crippen LogP contribution in [-0.4, -0.2) is 6.61 Å². The van der Waals surface area contributed by atoms with E-state index >= 15 is 0 Å². The Hall–Kier alpha value is -1.17. The molecule has 0 aliphatic carbocycles. The molecule has 0 aliphatic rings. The van der Waals surface area contributed by atoms with Crippen molar-refractivity contribution in [2.24, 2.45) is 0 Å². The second kappa shape index (κ2) is 5.65. The van der Waals surface area contributed by atoms with E-state index in [1.807, 2.05) is 13.0 Å². The van der Waals surface area contributed by atoms with Crippen molar-refractivity contribution in [2.45, 2.75) is 6.92 Å². The van der Waals surface area contributed by atoms with Gasteiger partial charge in [-0.05, 0) is 24.6 Å². The van der Waals surface area contributed by atoms with Gasteiger partial charge in [-0.2, -0.15) is 5.26 Å². The van der Waals surface area contributed by atoms with Crippen LogP contribution >= 0.6 is 23.2 Å². The molecule has 0 amide bonds. The smallest absolute Gasteiger partial charge is 0.139 e. The highest BCUT2D eigenvalue weighted by Gasteiger charge is 2.06. The first-order valence-electron chi connectivity index (χ1n) is 4.26. The first-order valence-corrected chi connectivity index (χ1v) is 5.07. The Balaban J connectivity index is 2.87. The Morgan fingerprint density at radius 2 is 2.33 bits per heavy atom. The van der Waals surface area contributed by atoms with Crippen molar-refractivity contribution in [1.29, 1.82) is 5.26 Å². The standard InChI is InChI=1S/C11H9Cl2NO/c1-8(5-12)7-15-11-4-2-3-10(13)9(11)6-14/h2-5H,7H2,1H3/b8-5-. The fraction of sp³-hybridized carbons (Fsp3) is 0.182. The summed E-state index contributed by atoms with van der Waals surface area (Å²) in [6.07, 6.45) is 0. The van der Waals surface area contributed by atoms with Gasteiger partial charge in [0.2, 0.25) is 0 Å². The van der Waals surface area contributed by atoms with Crippen LogP contribution in [0.1, 0.15) is 12.5 Å². The van der Waals surface area contributed by atoms with Gasteiger partial charge in [-0.15, -0.1) is 0 Å². The van der Waals surface area contributed by atoms with Crippen molar-refractivity contribution >= 4 is 23.2 Å². The Morgan fingerprint density at radius 3 is 2.93 bits per heavy atom. The van der Waals surface area contributed by atoms with Crippen molar-refractivity contribution in [3.05, 3.63) is 39.9 Å². The Labute approximate surface area is 98.7 Å². The molecule has 0 saturated carbocycles. The molecule has 0 aliphatic heterocycles. The van der Waals surface area contributed by atoms with Crippen LogP contribution in [0.5, 0.6) is 5.75 Å². The van der Waals surface area contributed by atoms with Gasteiger partial charge in [-0.25, -0.2) is 0 Å². The molecule has 0 bridgehead atoms. The van der Waals surface area contributed by atoms with E-state index in [-0.39, 0.29) is 0 Å². The third kappa shape index (κ3) is 3.16. The molecule has 0 unspecified atom stereocenters. The highest BCUT2D eigenvalue weighted by atomic mass is 35.5. The minimum absolute atomic E-state index is 0.346. The van der Waals surface area contributed by atoms with Crippen molar-refractivity contribution in [1.82, 2.24) is 0 Å². The zero-order valence-electron chi connectivity index (χ0n) is 8.13. The molecule has 0 fully saturated rings. The van der Waals surface area contributed by atoms with Gasteiger partial charge in [0.05, 0.1) is 5.02 Å². The van der Waals surface area contributed by atoms with E-state index in [9.17, 15) is 0 Å². The molecule has 1 aromatic carbocycles. The Bertz CT molecular complexity index is 421. The summed E-state index contributed by atoms with van der Waals surface area (Å²) in [5, 5.41) is 9.26. The van der Waals surface area contributed by atoms with E-state index in [1.54, 1.807) is 18.2 Å². The van der Waals surface area contributed by atoms with E-state index in [0.29, 0.717) is 22.9 Å². The molecule has 4 heteroatoms. The van der Waals surface area contributed by atoms with Crippen LogP contribution < -0.4 is 4.74 Å². The summed E-state index contributed by atoms with van der Waals surface area (Å²) in [5.41, 5.74) is 2.67. The maximum absolute atomic E-state index is 8.87. The second-order valence-corrected chi connectivity index (χ2v) is 3.59. The minimum atomic E-state index is 0.346. The topological polar surface area (TPSA) is 33.0 Å². The van der Waals surface area contributed by atoms with Crippen LogP contribution in [-0.2, 0) is 0 Å². The third-order valence-electron chi connectivity index (χ3n) is 1.73. The average Bonchev–Trinajstić information content (AvgIpc) is 2.25. The average molecular weight is 242 g/mol. The van der Waals surface area contributed by atoms with Crippen molar-refractivity contribution in [2.75, 3.05) is 6.61 Å². The predicted octanol–water partition coefficient (Wildman–Crippen LogP) is 3.73. The number of nitriles is 1. The summed E-state index contributed by atoms with van der Waals surface area (Å²) in [4.78, 5) is 0. The van der Waals surface area contributed by atoms with E-state index in [0.717, 1.165) is 5.57 Å². The molecule has 0 radical (unpaired) electrons. The van der Waals surface area contributed by atoms with E-state index in [1.165, 1.54) is 5.54 Å². The molecule has 1 aromatic rings. The van der Waals surface area contributed by atoms with E-state index < -0.39 is 0 Å². The molecule has 78 valence electrons. The number of ether oxygens (including phenoxy) is 1. The number of rotatable bonds is 3. The molecule has 0 N–H and O–H groups in total. The zero-order valence-corrected chi connectivity index (χ0v) is 9.64. The molecule has 0 aromatic heterocycles. The highest BCUT2D eigenvalue weighted by Crippen LogP contribution is 2.25. The lowest BCUT2D eigenvalue weighted by atomic mass is 10.2. The molecule has 0 saturated heterocycles. The van der Waals surface area contributed by atoms with Gasteiger partial charge in [0.1, 0.15) is 24.0 Å². The number of hydrogen-bond donors (Lipinski definition) is 0. The van der Waals surface area contributed by atoms with E-state index in [2.05, 4.69) is 0 Å². The van der Waals surface area contributed by atoms with Crippen LogP contribution in [0.2, 0.25) is 5.02 Å². The normalized spacial score (nSPS) is 10.9. The first-order chi connectivity index (χ1) is 7.19. The Kier molecular flexibility index (Phi) is 4.48. The van der Waals surface area contributed by atoms with Crippen LogP contribution in [0, 0.1) is 11.3 Å². The predicted molar refractivity (Wildman–Crippen MR) is 61.3 cm³/mol. The fourth-order valence-electron chi connectivity index (χ4n) is 0.956. The summed E-state index contributed by atoms with van der Waals surface area (Å²) >= 11 is 11.3. The van der Waals surface area contributed by atoms with Gasteiger partial charge in [0.15, 0.2) is 0 Å².